The van der Waals surface area contributed by atoms with E-state index in [1.807, 2.05) is 25.7 Å². The van der Waals surface area contributed by atoms with Crippen molar-refractivity contribution in [3.63, 3.8) is 0 Å². The Kier molecular flexibility index (Phi) is 3.97. The van der Waals surface area contributed by atoms with Gasteiger partial charge in [0.05, 0.1) is 6.54 Å². The van der Waals surface area contributed by atoms with Crippen molar-refractivity contribution in [1.29, 1.82) is 0 Å². The van der Waals surface area contributed by atoms with Crippen LogP contribution in [0.1, 0.15) is 40.0 Å². The van der Waals surface area contributed by atoms with Crippen molar-refractivity contribution < 1.29 is 15.3 Å². The van der Waals surface area contributed by atoms with E-state index in [-0.39, 0.29) is 6.09 Å². The van der Waals surface area contributed by atoms with Gasteiger partial charge in [0.25, 0.3) is 0 Å². The molecule has 1 aliphatic rings. The van der Waals surface area contributed by atoms with E-state index < -0.39 is 5.60 Å². The molecular formula is C11H23N2O2+. The highest BCUT2D eigenvalue weighted by Gasteiger charge is 2.31. The molecule has 4 heteroatoms. The van der Waals surface area contributed by atoms with Crippen LogP contribution in [-0.2, 0) is 4.74 Å². The molecule has 0 aromatic carbocycles. The van der Waals surface area contributed by atoms with Crippen LogP contribution in [0.4, 0.5) is 4.79 Å². The summed E-state index contributed by atoms with van der Waals surface area (Å²) in [5, 5.41) is 0. The Morgan fingerprint density at radius 2 is 2.20 bits per heavy atom. The third-order valence-electron chi connectivity index (χ3n) is 2.54. The highest BCUT2D eigenvalue weighted by Crippen LogP contribution is 2.22. The Labute approximate surface area is 91.8 Å². The zero-order valence-electron chi connectivity index (χ0n) is 10.1. The minimum absolute atomic E-state index is 0.168. The fraction of sp³-hybridized carbons (Fsp3) is 0.909. The molecule has 0 aromatic heterocycles. The number of hydrogen-bond donors (Lipinski definition) is 1. The number of quaternary nitrogens is 1. The van der Waals surface area contributed by atoms with Gasteiger partial charge in [0.15, 0.2) is 0 Å². The summed E-state index contributed by atoms with van der Waals surface area (Å²) >= 11 is 0. The first-order valence-electron chi connectivity index (χ1n) is 5.73. The van der Waals surface area contributed by atoms with Gasteiger partial charge in [0, 0.05) is 19.0 Å². The van der Waals surface area contributed by atoms with Crippen LogP contribution in [-0.4, -0.2) is 35.7 Å². The summed E-state index contributed by atoms with van der Waals surface area (Å²) in [6.07, 6.45) is 3.00. The van der Waals surface area contributed by atoms with Gasteiger partial charge >= 0.3 is 6.09 Å². The molecule has 3 N–H and O–H groups in total. The lowest BCUT2D eigenvalue weighted by Crippen LogP contribution is -2.53. The average Bonchev–Trinajstić information content (AvgIpc) is 2.49. The summed E-state index contributed by atoms with van der Waals surface area (Å²) in [6.45, 7) is 7.41. The first-order chi connectivity index (χ1) is 6.94. The summed E-state index contributed by atoms with van der Waals surface area (Å²) < 4.78 is 5.36. The van der Waals surface area contributed by atoms with Gasteiger partial charge in [-0.3, -0.25) is 0 Å². The molecule has 1 rings (SSSR count). The standard InChI is InChI=1S/C11H22N2O2/c1-11(2,3)15-10(14)13-8-4-5-9(13)6-7-12/h9H,4-8,12H2,1-3H3/p+1/t9-/m1/s1. The minimum atomic E-state index is -0.394. The van der Waals surface area contributed by atoms with Crippen LogP contribution >= 0.6 is 0 Å². The Balaban J connectivity index is 2.51. The van der Waals surface area contributed by atoms with Gasteiger partial charge in [-0.05, 0) is 33.6 Å². The van der Waals surface area contributed by atoms with Gasteiger partial charge in [0.1, 0.15) is 5.60 Å². The van der Waals surface area contributed by atoms with E-state index in [0.717, 1.165) is 32.4 Å². The van der Waals surface area contributed by atoms with Gasteiger partial charge in [-0.15, -0.1) is 0 Å². The second-order valence-corrected chi connectivity index (χ2v) is 5.11. The lowest BCUT2D eigenvalue weighted by molar-refractivity contribution is -0.369. The number of likely N-dealkylation sites (tertiary alicyclic amines) is 1. The largest absolute Gasteiger partial charge is 0.444 e. The van der Waals surface area contributed by atoms with Crippen molar-refractivity contribution in [2.75, 3.05) is 13.1 Å². The van der Waals surface area contributed by atoms with E-state index in [0.29, 0.717) is 6.04 Å². The lowest BCUT2D eigenvalue weighted by atomic mass is 10.1. The van der Waals surface area contributed by atoms with Crippen molar-refractivity contribution >= 4 is 6.09 Å². The molecule has 0 aliphatic carbocycles. The van der Waals surface area contributed by atoms with Crippen molar-refractivity contribution in [2.24, 2.45) is 0 Å². The van der Waals surface area contributed by atoms with E-state index in [4.69, 9.17) is 4.74 Å². The molecule has 1 heterocycles. The molecular weight excluding hydrogens is 192 g/mol. The van der Waals surface area contributed by atoms with E-state index >= 15 is 0 Å². The molecule has 0 radical (unpaired) electrons. The normalized spacial score (nSPS) is 21.9. The molecule has 4 nitrogen and oxygen atoms in total. The van der Waals surface area contributed by atoms with E-state index in [1.165, 1.54) is 0 Å². The fourth-order valence-electron chi connectivity index (χ4n) is 1.93. The topological polar surface area (TPSA) is 57.2 Å². The molecule has 1 saturated heterocycles. The zero-order chi connectivity index (χ0) is 11.5. The maximum absolute atomic E-state index is 11.8. The van der Waals surface area contributed by atoms with Crippen LogP contribution < -0.4 is 5.73 Å². The molecule has 0 saturated carbocycles. The SMILES string of the molecule is CC(C)(C)OC(=O)N1CCC[C@@H]1CC[NH3+]. The number of ether oxygens (including phenoxy) is 1. The molecule has 88 valence electrons. The second-order valence-electron chi connectivity index (χ2n) is 5.11. The smallest absolute Gasteiger partial charge is 0.410 e. The zero-order valence-corrected chi connectivity index (χ0v) is 10.1. The highest BCUT2D eigenvalue weighted by atomic mass is 16.6. The second kappa shape index (κ2) is 4.84. The minimum Gasteiger partial charge on any atom is -0.444 e. The maximum Gasteiger partial charge on any atom is 0.410 e. The molecule has 1 fully saturated rings. The van der Waals surface area contributed by atoms with Crippen LogP contribution in [0.2, 0.25) is 0 Å². The summed E-state index contributed by atoms with van der Waals surface area (Å²) in [7, 11) is 0. The summed E-state index contributed by atoms with van der Waals surface area (Å²) in [5.74, 6) is 0. The number of amides is 1. The molecule has 1 aliphatic heterocycles. The number of rotatable bonds is 2. The van der Waals surface area contributed by atoms with Crippen molar-refractivity contribution in [3.05, 3.63) is 0 Å². The van der Waals surface area contributed by atoms with Crippen LogP contribution in [0.25, 0.3) is 0 Å². The van der Waals surface area contributed by atoms with E-state index in [2.05, 4.69) is 5.73 Å². The summed E-state index contributed by atoms with van der Waals surface area (Å²) in [6, 6.07) is 0.345. The highest BCUT2D eigenvalue weighted by molar-refractivity contribution is 5.68. The Bertz CT molecular complexity index is 223. The van der Waals surface area contributed by atoms with Crippen LogP contribution in [0.3, 0.4) is 0 Å². The first-order valence-corrected chi connectivity index (χ1v) is 5.73. The van der Waals surface area contributed by atoms with Gasteiger partial charge in [-0.2, -0.15) is 0 Å². The van der Waals surface area contributed by atoms with Crippen LogP contribution in [0.5, 0.6) is 0 Å². The monoisotopic (exact) mass is 215 g/mol. The van der Waals surface area contributed by atoms with Crippen molar-refractivity contribution in [3.8, 4) is 0 Å². The van der Waals surface area contributed by atoms with Gasteiger partial charge in [-0.25, -0.2) is 4.79 Å². The fourth-order valence-corrected chi connectivity index (χ4v) is 1.93. The molecule has 1 amide bonds. The Morgan fingerprint density at radius 1 is 1.53 bits per heavy atom. The summed E-state index contributed by atoms with van der Waals surface area (Å²) in [4.78, 5) is 13.7. The number of nitrogens with zero attached hydrogens (tertiary/aromatic N) is 1. The molecule has 0 bridgehead atoms. The Morgan fingerprint density at radius 3 is 2.73 bits per heavy atom. The predicted molar refractivity (Wildman–Crippen MR) is 58.3 cm³/mol. The first kappa shape index (κ1) is 12.3. The Hall–Kier alpha value is -0.770. The summed E-state index contributed by atoms with van der Waals surface area (Å²) in [5.41, 5.74) is 3.44. The third-order valence-corrected chi connectivity index (χ3v) is 2.54. The predicted octanol–water partition coefficient (Wildman–Crippen LogP) is 1.02. The molecule has 0 aromatic rings. The van der Waals surface area contributed by atoms with Gasteiger partial charge < -0.3 is 15.4 Å². The molecule has 1 atom stereocenters. The number of carbonyl (C=O) groups excluding carboxylic acids is 1. The number of carbonyl (C=O) groups is 1. The molecule has 15 heavy (non-hydrogen) atoms. The van der Waals surface area contributed by atoms with E-state index in [9.17, 15) is 4.79 Å². The molecule has 0 spiro atoms. The number of hydrogen-bond acceptors (Lipinski definition) is 2. The van der Waals surface area contributed by atoms with Crippen LogP contribution in [0.15, 0.2) is 0 Å². The lowest BCUT2D eigenvalue weighted by Gasteiger charge is -2.28. The van der Waals surface area contributed by atoms with E-state index in [1.54, 1.807) is 0 Å². The molecule has 0 unspecified atom stereocenters. The quantitative estimate of drug-likeness (QED) is 0.747. The maximum atomic E-state index is 11.8. The van der Waals surface area contributed by atoms with Gasteiger partial charge in [0.2, 0.25) is 0 Å². The van der Waals surface area contributed by atoms with Crippen LogP contribution in [0, 0.1) is 0 Å². The third kappa shape index (κ3) is 3.70. The van der Waals surface area contributed by atoms with Crippen molar-refractivity contribution in [2.45, 2.75) is 51.7 Å². The van der Waals surface area contributed by atoms with Crippen molar-refractivity contribution in [1.82, 2.24) is 4.90 Å². The van der Waals surface area contributed by atoms with Gasteiger partial charge in [-0.1, -0.05) is 0 Å². The average molecular weight is 215 g/mol.